The fraction of sp³-hybridized carbons (Fsp3) is 0.217. The smallest absolute Gasteiger partial charge is 0.261 e. The first kappa shape index (κ1) is 18.9. The zero-order valence-electron chi connectivity index (χ0n) is 16.0. The van der Waals surface area contributed by atoms with Crippen LogP contribution in [0, 0.1) is 0 Å². The summed E-state index contributed by atoms with van der Waals surface area (Å²) in [4.78, 5) is 46.3. The molecule has 3 aromatic rings. The summed E-state index contributed by atoms with van der Waals surface area (Å²) in [5.74, 6) is -0.660. The van der Waals surface area contributed by atoms with E-state index >= 15 is 0 Å². The number of likely N-dealkylation sites (tertiary alicyclic amines) is 1. The Balaban J connectivity index is 1.42. The van der Waals surface area contributed by atoms with Gasteiger partial charge in [0.2, 0.25) is 0 Å². The molecule has 6 nitrogen and oxygen atoms in total. The van der Waals surface area contributed by atoms with Crippen LogP contribution in [0.15, 0.2) is 59.2 Å². The second-order valence-electron chi connectivity index (χ2n) is 7.58. The molecule has 0 spiro atoms. The zero-order chi connectivity index (χ0) is 20.8. The van der Waals surface area contributed by atoms with Gasteiger partial charge in [0.25, 0.3) is 17.7 Å². The van der Waals surface area contributed by atoms with Gasteiger partial charge < -0.3 is 4.90 Å². The summed E-state index contributed by atoms with van der Waals surface area (Å²) in [7, 11) is 0. The second-order valence-corrected chi connectivity index (χ2v) is 8.50. The van der Waals surface area contributed by atoms with Gasteiger partial charge in [0.1, 0.15) is 0 Å². The molecule has 1 aromatic heterocycles. The number of fused-ring (bicyclic) bond motifs is 2. The molecule has 2 aliphatic heterocycles. The number of halogens is 1. The van der Waals surface area contributed by atoms with E-state index in [4.69, 9.17) is 0 Å². The summed E-state index contributed by atoms with van der Waals surface area (Å²) >= 11 is 3.44. The van der Waals surface area contributed by atoms with Crippen LogP contribution in [0.3, 0.4) is 0 Å². The first-order valence-electron chi connectivity index (χ1n) is 9.85. The van der Waals surface area contributed by atoms with Crippen molar-refractivity contribution < 1.29 is 14.4 Å². The minimum absolute atomic E-state index is 0.0937. The van der Waals surface area contributed by atoms with Gasteiger partial charge in [-0.2, -0.15) is 0 Å². The normalized spacial score (nSPS) is 18.4. The maximum absolute atomic E-state index is 13.4. The molecule has 0 saturated carbocycles. The number of hydrogen-bond acceptors (Lipinski definition) is 4. The van der Waals surface area contributed by atoms with E-state index in [9.17, 15) is 14.4 Å². The van der Waals surface area contributed by atoms with Gasteiger partial charge in [-0.3, -0.25) is 24.3 Å². The molecular weight excluding hydrogens is 446 g/mol. The lowest BCUT2D eigenvalue weighted by molar-refractivity contribution is 0.0563. The largest absolute Gasteiger partial charge is 0.334 e. The number of hydrogen-bond donors (Lipinski definition) is 0. The van der Waals surface area contributed by atoms with E-state index in [-0.39, 0.29) is 30.3 Å². The van der Waals surface area contributed by atoms with E-state index in [1.54, 1.807) is 41.4 Å². The van der Waals surface area contributed by atoms with Gasteiger partial charge in [-0.05, 0) is 43.2 Å². The second kappa shape index (κ2) is 7.32. The van der Waals surface area contributed by atoms with Gasteiger partial charge in [0.15, 0.2) is 0 Å². The Labute approximate surface area is 181 Å². The number of imide groups is 1. The van der Waals surface area contributed by atoms with Crippen LogP contribution in [0.4, 0.5) is 0 Å². The standard InChI is InChI=1S/C23H18BrN3O3/c24-14-7-8-16-19(9-10-25-20(16)12-14)21(28)26-11-3-4-15(26)13-27-22(29)17-5-1-2-6-18(17)23(27)30/h1-2,5-10,12,15H,3-4,11,13H2/t15-/m0/s1. The number of nitrogens with zero attached hydrogens (tertiary/aromatic N) is 3. The highest BCUT2D eigenvalue weighted by Gasteiger charge is 2.39. The molecule has 0 N–H and O–H groups in total. The summed E-state index contributed by atoms with van der Waals surface area (Å²) in [6, 6.07) is 14.1. The Morgan fingerprint density at radius 3 is 2.53 bits per heavy atom. The molecule has 150 valence electrons. The molecule has 0 unspecified atom stereocenters. The summed E-state index contributed by atoms with van der Waals surface area (Å²) in [5.41, 5.74) is 2.20. The maximum atomic E-state index is 13.4. The summed E-state index contributed by atoms with van der Waals surface area (Å²) in [6.45, 7) is 0.819. The minimum Gasteiger partial charge on any atom is -0.334 e. The molecule has 0 radical (unpaired) electrons. The van der Waals surface area contributed by atoms with Crippen LogP contribution in [0.5, 0.6) is 0 Å². The maximum Gasteiger partial charge on any atom is 0.261 e. The van der Waals surface area contributed by atoms with Crippen LogP contribution in [-0.4, -0.2) is 51.6 Å². The molecule has 0 aliphatic carbocycles. The van der Waals surface area contributed by atoms with Crippen LogP contribution in [0.1, 0.15) is 43.9 Å². The van der Waals surface area contributed by atoms with E-state index in [0.717, 1.165) is 28.2 Å². The third-order valence-electron chi connectivity index (χ3n) is 5.84. The quantitative estimate of drug-likeness (QED) is 0.552. The third kappa shape index (κ3) is 3.01. The van der Waals surface area contributed by atoms with Crippen LogP contribution in [0.25, 0.3) is 10.9 Å². The molecule has 3 heterocycles. The van der Waals surface area contributed by atoms with Crippen molar-refractivity contribution in [3.8, 4) is 0 Å². The molecule has 1 fully saturated rings. The average Bonchev–Trinajstić information content (AvgIpc) is 3.32. The minimum atomic E-state index is -0.283. The molecule has 5 rings (SSSR count). The SMILES string of the molecule is O=C1c2ccccc2C(=O)N1C[C@@H]1CCCN1C(=O)c1ccnc2cc(Br)ccc12. The van der Waals surface area contributed by atoms with E-state index in [1.165, 1.54) is 4.90 Å². The van der Waals surface area contributed by atoms with Crippen molar-refractivity contribution in [2.45, 2.75) is 18.9 Å². The number of carbonyl (C=O) groups is 3. The van der Waals surface area contributed by atoms with Gasteiger partial charge in [-0.25, -0.2) is 0 Å². The van der Waals surface area contributed by atoms with Gasteiger partial charge in [0.05, 0.1) is 28.2 Å². The Bertz CT molecular complexity index is 1170. The highest BCUT2D eigenvalue weighted by molar-refractivity contribution is 9.10. The van der Waals surface area contributed by atoms with Gasteiger partial charge in [0, 0.05) is 29.1 Å². The van der Waals surface area contributed by atoms with Crippen molar-refractivity contribution in [2.24, 2.45) is 0 Å². The number of aromatic nitrogens is 1. The lowest BCUT2D eigenvalue weighted by Crippen LogP contribution is -2.45. The van der Waals surface area contributed by atoms with Crippen molar-refractivity contribution in [2.75, 3.05) is 13.1 Å². The lowest BCUT2D eigenvalue weighted by atomic mass is 10.1. The fourth-order valence-corrected chi connectivity index (χ4v) is 4.72. The van der Waals surface area contributed by atoms with Crippen molar-refractivity contribution in [1.29, 1.82) is 0 Å². The zero-order valence-corrected chi connectivity index (χ0v) is 17.6. The predicted octanol–water partition coefficient (Wildman–Crippen LogP) is 3.90. The molecule has 30 heavy (non-hydrogen) atoms. The van der Waals surface area contributed by atoms with Crippen LogP contribution in [0.2, 0.25) is 0 Å². The monoisotopic (exact) mass is 463 g/mol. The Kier molecular flexibility index (Phi) is 4.62. The summed E-state index contributed by atoms with van der Waals surface area (Å²) < 4.78 is 0.900. The number of benzene rings is 2. The number of carbonyl (C=O) groups excluding carboxylic acids is 3. The molecule has 2 aromatic carbocycles. The molecule has 1 saturated heterocycles. The first-order chi connectivity index (χ1) is 14.5. The van der Waals surface area contributed by atoms with Gasteiger partial charge in [-0.15, -0.1) is 0 Å². The predicted molar refractivity (Wildman–Crippen MR) is 115 cm³/mol. The van der Waals surface area contributed by atoms with E-state index < -0.39 is 0 Å². The first-order valence-corrected chi connectivity index (χ1v) is 10.6. The fourth-order valence-electron chi connectivity index (χ4n) is 4.37. The third-order valence-corrected chi connectivity index (χ3v) is 6.34. The highest BCUT2D eigenvalue weighted by Crippen LogP contribution is 2.28. The number of rotatable bonds is 3. The summed E-state index contributed by atoms with van der Waals surface area (Å²) in [6.07, 6.45) is 3.24. The Morgan fingerprint density at radius 1 is 1.07 bits per heavy atom. The average molecular weight is 464 g/mol. The van der Waals surface area contributed by atoms with Crippen LogP contribution in [-0.2, 0) is 0 Å². The van der Waals surface area contributed by atoms with E-state index in [2.05, 4.69) is 20.9 Å². The summed E-state index contributed by atoms with van der Waals surface area (Å²) in [5, 5.41) is 0.789. The molecule has 1 atom stereocenters. The van der Waals surface area contributed by atoms with Crippen molar-refractivity contribution in [3.05, 3.63) is 75.9 Å². The topological polar surface area (TPSA) is 70.6 Å². The molecule has 0 bridgehead atoms. The van der Waals surface area contributed by atoms with Crippen molar-refractivity contribution in [1.82, 2.24) is 14.8 Å². The van der Waals surface area contributed by atoms with Crippen LogP contribution >= 0.6 is 15.9 Å². The van der Waals surface area contributed by atoms with Gasteiger partial charge >= 0.3 is 0 Å². The van der Waals surface area contributed by atoms with E-state index in [1.807, 2.05) is 18.2 Å². The van der Waals surface area contributed by atoms with E-state index in [0.29, 0.717) is 23.2 Å². The van der Waals surface area contributed by atoms with Crippen LogP contribution < -0.4 is 0 Å². The number of amides is 3. The molecule has 3 amide bonds. The van der Waals surface area contributed by atoms with Gasteiger partial charge in [-0.1, -0.05) is 34.1 Å². The lowest BCUT2D eigenvalue weighted by Gasteiger charge is -2.28. The van der Waals surface area contributed by atoms with Crippen molar-refractivity contribution >= 4 is 44.6 Å². The molecule has 2 aliphatic rings. The number of pyridine rings is 1. The Morgan fingerprint density at radius 2 is 1.80 bits per heavy atom. The molecular formula is C23H18BrN3O3. The molecule has 7 heteroatoms. The highest BCUT2D eigenvalue weighted by atomic mass is 79.9. The Hall–Kier alpha value is -3.06. The van der Waals surface area contributed by atoms with Crippen molar-refractivity contribution in [3.63, 3.8) is 0 Å².